The van der Waals surface area contributed by atoms with Gasteiger partial charge in [0.25, 0.3) is 0 Å². The van der Waals surface area contributed by atoms with E-state index in [1.807, 2.05) is 48.6 Å². The average Bonchev–Trinajstić information content (AvgIpc) is 2.65. The van der Waals surface area contributed by atoms with Crippen LogP contribution in [0, 0.1) is 5.92 Å². The van der Waals surface area contributed by atoms with Gasteiger partial charge in [0, 0.05) is 25.5 Å². The van der Waals surface area contributed by atoms with Crippen LogP contribution in [0.2, 0.25) is 0 Å². The Morgan fingerprint density at radius 1 is 1.31 bits per heavy atom. The first-order valence-electron chi connectivity index (χ1n) is 9.20. The molecule has 0 heterocycles. The van der Waals surface area contributed by atoms with E-state index in [1.54, 1.807) is 7.11 Å². The topological polar surface area (TPSA) is 61.5 Å². The molecule has 4 heteroatoms. The lowest BCUT2D eigenvalue weighted by molar-refractivity contribution is -0.137. The van der Waals surface area contributed by atoms with Crippen molar-refractivity contribution in [3.8, 4) is 0 Å². The number of allylic oxidation sites excluding steroid dienone is 2. The Labute approximate surface area is 156 Å². The number of esters is 1. The maximum Gasteiger partial charge on any atom is 0.330 e. The van der Waals surface area contributed by atoms with Crippen LogP contribution in [0.4, 0.5) is 0 Å². The van der Waals surface area contributed by atoms with Crippen molar-refractivity contribution in [2.45, 2.75) is 38.3 Å². The Bertz CT molecular complexity index is 663. The number of unbranched alkanes of at least 4 members (excludes halogenated alkanes) is 2. The van der Waals surface area contributed by atoms with Crippen LogP contribution >= 0.6 is 0 Å². The third kappa shape index (κ3) is 6.28. The highest BCUT2D eigenvalue weighted by molar-refractivity contribution is 5.82. The maximum atomic E-state index is 11.9. The Kier molecular flexibility index (Phi) is 7.82. The summed E-state index contributed by atoms with van der Waals surface area (Å²) < 4.78 is 10.7. The Morgan fingerprint density at radius 3 is 2.77 bits per heavy atom. The Balaban J connectivity index is 2.10. The van der Waals surface area contributed by atoms with Crippen LogP contribution in [0.3, 0.4) is 0 Å². The molecule has 2 atom stereocenters. The maximum absolute atomic E-state index is 11.9. The number of nitrogens with two attached hydrogens (primary N) is 1. The number of ether oxygens (including phenoxy) is 2. The zero-order chi connectivity index (χ0) is 18.8. The predicted octanol–water partition coefficient (Wildman–Crippen LogP) is 4.24. The van der Waals surface area contributed by atoms with Crippen molar-refractivity contribution in [1.29, 1.82) is 0 Å². The van der Waals surface area contributed by atoms with Gasteiger partial charge < -0.3 is 9.47 Å². The number of carbonyl (C=O) groups excluding carboxylic acids is 1. The summed E-state index contributed by atoms with van der Waals surface area (Å²) in [7, 11) is 1.61. The Hall–Kier alpha value is -2.17. The van der Waals surface area contributed by atoms with Gasteiger partial charge in [-0.15, -0.1) is 0 Å². The molecule has 0 saturated carbocycles. The minimum atomic E-state index is -0.814. The minimum absolute atomic E-state index is 0.00905. The second-order valence-electron chi connectivity index (χ2n) is 6.58. The molecule has 1 aliphatic carbocycles. The van der Waals surface area contributed by atoms with E-state index in [2.05, 4.69) is 13.0 Å². The molecule has 140 valence electrons. The summed E-state index contributed by atoms with van der Waals surface area (Å²) in [5, 5.41) is 0. The van der Waals surface area contributed by atoms with Crippen molar-refractivity contribution in [1.82, 2.24) is 0 Å². The molecule has 4 nitrogen and oxygen atoms in total. The highest BCUT2D eigenvalue weighted by atomic mass is 16.5. The fraction of sp³-hybridized carbons (Fsp3) is 0.409. The molecule has 0 spiro atoms. The zero-order valence-corrected chi connectivity index (χ0v) is 15.7. The third-order valence-electron chi connectivity index (χ3n) is 4.46. The zero-order valence-electron chi connectivity index (χ0n) is 15.7. The molecular formula is C22H29NO3. The summed E-state index contributed by atoms with van der Waals surface area (Å²) in [4.78, 5) is 11.9. The van der Waals surface area contributed by atoms with E-state index in [-0.39, 0.29) is 11.9 Å². The molecule has 1 aliphatic rings. The van der Waals surface area contributed by atoms with Crippen LogP contribution in [-0.4, -0.2) is 25.4 Å². The summed E-state index contributed by atoms with van der Waals surface area (Å²) in [6.45, 7) is 2.59. The van der Waals surface area contributed by atoms with Crippen LogP contribution in [0.1, 0.15) is 38.2 Å². The predicted molar refractivity (Wildman–Crippen MR) is 105 cm³/mol. The number of hydrogen-bond acceptors (Lipinski definition) is 4. The molecule has 2 rings (SSSR count). The van der Waals surface area contributed by atoms with Crippen LogP contribution < -0.4 is 5.73 Å². The van der Waals surface area contributed by atoms with Gasteiger partial charge in [-0.05, 0) is 18.1 Å². The van der Waals surface area contributed by atoms with Crippen LogP contribution in [0.25, 0.3) is 6.08 Å². The summed E-state index contributed by atoms with van der Waals surface area (Å²) in [6, 6.07) is 10.1. The first-order valence-corrected chi connectivity index (χ1v) is 9.20. The van der Waals surface area contributed by atoms with Gasteiger partial charge in [0.15, 0.2) is 0 Å². The second kappa shape index (κ2) is 10.1. The summed E-state index contributed by atoms with van der Waals surface area (Å²) in [5.41, 5.74) is 7.63. The van der Waals surface area contributed by atoms with Gasteiger partial charge in [0.1, 0.15) is 5.72 Å². The number of methoxy groups -OCH3 is 1. The van der Waals surface area contributed by atoms with Gasteiger partial charge in [0.05, 0.1) is 6.61 Å². The van der Waals surface area contributed by atoms with E-state index < -0.39 is 5.72 Å². The fourth-order valence-electron chi connectivity index (χ4n) is 2.88. The monoisotopic (exact) mass is 355 g/mol. The van der Waals surface area contributed by atoms with E-state index in [1.165, 1.54) is 6.08 Å². The van der Waals surface area contributed by atoms with Gasteiger partial charge in [-0.25, -0.2) is 4.79 Å². The lowest BCUT2D eigenvalue weighted by Crippen LogP contribution is -2.42. The van der Waals surface area contributed by atoms with Crippen molar-refractivity contribution in [3.05, 3.63) is 65.8 Å². The molecule has 0 aromatic heterocycles. The number of benzene rings is 1. The van der Waals surface area contributed by atoms with Crippen molar-refractivity contribution in [3.63, 3.8) is 0 Å². The molecule has 0 bridgehead atoms. The average molecular weight is 355 g/mol. The van der Waals surface area contributed by atoms with E-state index >= 15 is 0 Å². The van der Waals surface area contributed by atoms with Crippen molar-refractivity contribution in [2.75, 3.05) is 13.7 Å². The minimum Gasteiger partial charge on any atom is -0.463 e. The van der Waals surface area contributed by atoms with Crippen LogP contribution in [0.15, 0.2) is 60.2 Å². The van der Waals surface area contributed by atoms with Gasteiger partial charge in [-0.1, -0.05) is 73.9 Å². The highest BCUT2D eigenvalue weighted by Crippen LogP contribution is 2.32. The first kappa shape index (κ1) is 20.1. The summed E-state index contributed by atoms with van der Waals surface area (Å²) in [6.07, 6.45) is 13.0. The summed E-state index contributed by atoms with van der Waals surface area (Å²) in [5.74, 6) is -0.310. The first-order chi connectivity index (χ1) is 12.6. The fourth-order valence-corrected chi connectivity index (χ4v) is 2.88. The Morgan fingerprint density at radius 2 is 2.08 bits per heavy atom. The smallest absolute Gasteiger partial charge is 0.330 e. The molecule has 0 amide bonds. The van der Waals surface area contributed by atoms with Crippen LogP contribution in [-0.2, 0) is 14.3 Å². The molecular weight excluding hydrogens is 326 g/mol. The van der Waals surface area contributed by atoms with Gasteiger partial charge in [0.2, 0.25) is 0 Å². The third-order valence-corrected chi connectivity index (χ3v) is 4.46. The lowest BCUT2D eigenvalue weighted by Gasteiger charge is -2.32. The highest BCUT2D eigenvalue weighted by Gasteiger charge is 2.29. The quantitative estimate of drug-likeness (QED) is 0.249. The molecule has 0 aliphatic heterocycles. The molecule has 1 aromatic carbocycles. The standard InChI is InChI=1S/C22H29NO3/c1-3-4-8-15-26-21(24)12-11-19-13-14-22(23,25-2)17-20(19)16-18-9-6-5-7-10-18/h5-7,9-14,16,19H,3-4,8,15,17,23H2,1-2H3. The lowest BCUT2D eigenvalue weighted by atomic mass is 9.84. The molecule has 1 aromatic rings. The van der Waals surface area contributed by atoms with E-state index in [0.717, 1.165) is 30.4 Å². The summed E-state index contributed by atoms with van der Waals surface area (Å²) >= 11 is 0. The molecule has 26 heavy (non-hydrogen) atoms. The van der Waals surface area contributed by atoms with Gasteiger partial charge in [-0.3, -0.25) is 5.73 Å². The van der Waals surface area contributed by atoms with Crippen LogP contribution in [0.5, 0.6) is 0 Å². The molecule has 0 radical (unpaired) electrons. The molecule has 2 unspecified atom stereocenters. The van der Waals surface area contributed by atoms with Crippen molar-refractivity contribution < 1.29 is 14.3 Å². The second-order valence-corrected chi connectivity index (χ2v) is 6.58. The van der Waals surface area contributed by atoms with Crippen molar-refractivity contribution in [2.24, 2.45) is 11.7 Å². The van der Waals surface area contributed by atoms with E-state index in [9.17, 15) is 4.79 Å². The van der Waals surface area contributed by atoms with Gasteiger partial charge in [-0.2, -0.15) is 0 Å². The number of hydrogen-bond donors (Lipinski definition) is 1. The SMILES string of the molecule is CCCCCOC(=O)C=CC1C=CC(N)(OC)CC1=Cc1ccccc1. The largest absolute Gasteiger partial charge is 0.463 e. The molecule has 0 fully saturated rings. The molecule has 2 N–H and O–H groups in total. The molecule has 0 saturated heterocycles. The van der Waals surface area contributed by atoms with Gasteiger partial charge >= 0.3 is 5.97 Å². The normalized spacial score (nSPS) is 24.3. The van der Waals surface area contributed by atoms with E-state index in [4.69, 9.17) is 15.2 Å². The number of carbonyl (C=O) groups is 1. The number of rotatable bonds is 8. The van der Waals surface area contributed by atoms with E-state index in [0.29, 0.717) is 13.0 Å². The van der Waals surface area contributed by atoms with Crippen molar-refractivity contribution >= 4 is 12.0 Å².